The number of carbonyl (C=O) groups is 2. The number of carbonyl (C=O) groups excluding carboxylic acids is 2. The van der Waals surface area contributed by atoms with E-state index in [0.717, 1.165) is 12.0 Å². The highest BCUT2D eigenvalue weighted by Crippen LogP contribution is 2.21. The van der Waals surface area contributed by atoms with Crippen molar-refractivity contribution in [3.05, 3.63) is 65.7 Å². The highest BCUT2D eigenvalue weighted by molar-refractivity contribution is 5.82. The third kappa shape index (κ3) is 6.59. The SMILES string of the molecule is CC[C@H](C)c1ccc(OCC(=O)NNC(=O)CCc2ccccc2)cc1. The number of hydrogen-bond acceptors (Lipinski definition) is 3. The first-order valence-electron chi connectivity index (χ1n) is 8.93. The average Bonchev–Trinajstić information content (AvgIpc) is 2.69. The van der Waals surface area contributed by atoms with Gasteiger partial charge in [0, 0.05) is 6.42 Å². The standard InChI is InChI=1S/C21H26N2O3/c1-3-16(2)18-10-12-19(13-11-18)26-15-21(25)23-22-20(24)14-9-17-7-5-4-6-8-17/h4-8,10-13,16H,3,9,14-15H2,1-2H3,(H,22,24)(H,23,25)/t16-/m0/s1. The van der Waals surface area contributed by atoms with Gasteiger partial charge in [0.25, 0.3) is 5.91 Å². The molecule has 0 aliphatic rings. The van der Waals surface area contributed by atoms with Crippen molar-refractivity contribution in [1.29, 1.82) is 0 Å². The molecule has 0 saturated heterocycles. The van der Waals surface area contributed by atoms with E-state index in [9.17, 15) is 9.59 Å². The molecular weight excluding hydrogens is 328 g/mol. The fraction of sp³-hybridized carbons (Fsp3) is 0.333. The largest absolute Gasteiger partial charge is 0.484 e. The van der Waals surface area contributed by atoms with E-state index in [1.165, 1.54) is 5.56 Å². The Morgan fingerprint density at radius 2 is 1.62 bits per heavy atom. The molecule has 0 radical (unpaired) electrons. The van der Waals surface area contributed by atoms with Crippen LogP contribution in [-0.4, -0.2) is 18.4 Å². The maximum absolute atomic E-state index is 11.8. The van der Waals surface area contributed by atoms with Gasteiger partial charge in [-0.3, -0.25) is 20.4 Å². The van der Waals surface area contributed by atoms with Crippen LogP contribution >= 0.6 is 0 Å². The molecule has 138 valence electrons. The lowest BCUT2D eigenvalue weighted by molar-refractivity contribution is -0.130. The van der Waals surface area contributed by atoms with Crippen molar-refractivity contribution in [2.45, 2.75) is 39.0 Å². The summed E-state index contributed by atoms with van der Waals surface area (Å²) in [6.45, 7) is 4.17. The van der Waals surface area contributed by atoms with Crippen molar-refractivity contribution in [3.63, 3.8) is 0 Å². The molecular formula is C21H26N2O3. The van der Waals surface area contributed by atoms with Crippen LogP contribution in [-0.2, 0) is 16.0 Å². The molecule has 0 aliphatic heterocycles. The minimum Gasteiger partial charge on any atom is -0.484 e. The highest BCUT2D eigenvalue weighted by atomic mass is 16.5. The average molecular weight is 354 g/mol. The molecule has 0 heterocycles. The molecule has 1 atom stereocenters. The number of hydrogen-bond donors (Lipinski definition) is 2. The summed E-state index contributed by atoms with van der Waals surface area (Å²) in [5.41, 5.74) is 7.09. The Kier molecular flexibility index (Phi) is 7.68. The van der Waals surface area contributed by atoms with Gasteiger partial charge in [0.15, 0.2) is 6.61 Å². The highest BCUT2D eigenvalue weighted by Gasteiger charge is 2.07. The zero-order valence-electron chi connectivity index (χ0n) is 15.3. The van der Waals surface area contributed by atoms with Crippen molar-refractivity contribution < 1.29 is 14.3 Å². The lowest BCUT2D eigenvalue weighted by Crippen LogP contribution is -2.43. The van der Waals surface area contributed by atoms with E-state index in [2.05, 4.69) is 24.7 Å². The van der Waals surface area contributed by atoms with Crippen molar-refractivity contribution in [2.24, 2.45) is 0 Å². The number of benzene rings is 2. The van der Waals surface area contributed by atoms with Gasteiger partial charge in [-0.25, -0.2) is 0 Å². The molecule has 26 heavy (non-hydrogen) atoms. The van der Waals surface area contributed by atoms with E-state index in [1.807, 2.05) is 54.6 Å². The summed E-state index contributed by atoms with van der Waals surface area (Å²) in [6, 6.07) is 17.4. The Balaban J connectivity index is 1.66. The molecule has 0 saturated carbocycles. The molecule has 2 rings (SSSR count). The molecule has 2 aromatic rings. The summed E-state index contributed by atoms with van der Waals surface area (Å²) in [6.07, 6.45) is 2.01. The van der Waals surface area contributed by atoms with Crippen LogP contribution in [0.25, 0.3) is 0 Å². The Bertz CT molecular complexity index is 699. The summed E-state index contributed by atoms with van der Waals surface area (Å²) >= 11 is 0. The predicted octanol–water partition coefficient (Wildman–Crippen LogP) is 3.36. The van der Waals surface area contributed by atoms with Gasteiger partial charge in [-0.05, 0) is 42.0 Å². The zero-order chi connectivity index (χ0) is 18.8. The lowest BCUT2D eigenvalue weighted by atomic mass is 9.99. The van der Waals surface area contributed by atoms with Crippen LogP contribution in [0.15, 0.2) is 54.6 Å². The monoisotopic (exact) mass is 354 g/mol. The lowest BCUT2D eigenvalue weighted by Gasteiger charge is -2.11. The van der Waals surface area contributed by atoms with Crippen LogP contribution in [0.4, 0.5) is 0 Å². The Morgan fingerprint density at radius 3 is 2.27 bits per heavy atom. The second-order valence-corrected chi connectivity index (χ2v) is 6.25. The van der Waals surface area contributed by atoms with Crippen LogP contribution < -0.4 is 15.6 Å². The molecule has 0 fully saturated rings. The summed E-state index contributed by atoms with van der Waals surface area (Å²) < 4.78 is 5.43. The smallest absolute Gasteiger partial charge is 0.276 e. The predicted molar refractivity (Wildman–Crippen MR) is 102 cm³/mol. The molecule has 2 amide bonds. The number of hydrazine groups is 1. The number of ether oxygens (including phenoxy) is 1. The van der Waals surface area contributed by atoms with Crippen LogP contribution in [0.2, 0.25) is 0 Å². The van der Waals surface area contributed by atoms with Gasteiger partial charge < -0.3 is 4.74 Å². The molecule has 0 bridgehead atoms. The van der Waals surface area contributed by atoms with Gasteiger partial charge in [-0.2, -0.15) is 0 Å². The molecule has 0 spiro atoms. The van der Waals surface area contributed by atoms with Gasteiger partial charge in [-0.1, -0.05) is 56.3 Å². The van der Waals surface area contributed by atoms with Gasteiger partial charge in [-0.15, -0.1) is 0 Å². The van der Waals surface area contributed by atoms with Crippen LogP contribution in [0.3, 0.4) is 0 Å². The third-order valence-electron chi connectivity index (χ3n) is 4.26. The minimum atomic E-state index is -0.399. The van der Waals surface area contributed by atoms with E-state index < -0.39 is 5.91 Å². The van der Waals surface area contributed by atoms with Gasteiger partial charge >= 0.3 is 0 Å². The van der Waals surface area contributed by atoms with Crippen molar-refractivity contribution in [1.82, 2.24) is 10.9 Å². The fourth-order valence-corrected chi connectivity index (χ4v) is 2.42. The van der Waals surface area contributed by atoms with E-state index in [-0.39, 0.29) is 12.5 Å². The van der Waals surface area contributed by atoms with Crippen molar-refractivity contribution in [2.75, 3.05) is 6.61 Å². The quantitative estimate of drug-likeness (QED) is 0.714. The van der Waals surface area contributed by atoms with Crippen LogP contribution in [0, 0.1) is 0 Å². The second kappa shape index (κ2) is 10.2. The molecule has 5 heteroatoms. The first-order valence-corrected chi connectivity index (χ1v) is 8.93. The van der Waals surface area contributed by atoms with E-state index in [0.29, 0.717) is 24.5 Å². The normalized spacial score (nSPS) is 11.5. The number of nitrogens with one attached hydrogen (secondary N) is 2. The van der Waals surface area contributed by atoms with Gasteiger partial charge in [0.05, 0.1) is 0 Å². The van der Waals surface area contributed by atoms with E-state index >= 15 is 0 Å². The summed E-state index contributed by atoms with van der Waals surface area (Å²) in [5.74, 6) is 0.491. The number of amides is 2. The van der Waals surface area contributed by atoms with E-state index in [1.54, 1.807) is 0 Å². The van der Waals surface area contributed by atoms with Gasteiger partial charge in [0.1, 0.15) is 5.75 Å². The zero-order valence-corrected chi connectivity index (χ0v) is 15.3. The molecule has 0 aliphatic carbocycles. The number of aryl methyl sites for hydroxylation is 1. The summed E-state index contributed by atoms with van der Waals surface area (Å²) in [7, 11) is 0. The number of rotatable bonds is 8. The fourth-order valence-electron chi connectivity index (χ4n) is 2.42. The Morgan fingerprint density at radius 1 is 0.962 bits per heavy atom. The van der Waals surface area contributed by atoms with Crippen LogP contribution in [0.5, 0.6) is 5.75 Å². The Labute approximate surface area is 154 Å². The maximum Gasteiger partial charge on any atom is 0.276 e. The minimum absolute atomic E-state index is 0.151. The topological polar surface area (TPSA) is 67.4 Å². The van der Waals surface area contributed by atoms with E-state index in [4.69, 9.17) is 4.74 Å². The molecule has 5 nitrogen and oxygen atoms in total. The molecule has 0 unspecified atom stereocenters. The summed E-state index contributed by atoms with van der Waals surface area (Å²) in [5, 5.41) is 0. The summed E-state index contributed by atoms with van der Waals surface area (Å²) in [4.78, 5) is 23.5. The first kappa shape index (κ1) is 19.5. The Hall–Kier alpha value is -2.82. The third-order valence-corrected chi connectivity index (χ3v) is 4.26. The van der Waals surface area contributed by atoms with Crippen molar-refractivity contribution >= 4 is 11.8 Å². The maximum atomic E-state index is 11.8. The second-order valence-electron chi connectivity index (χ2n) is 6.25. The van der Waals surface area contributed by atoms with Crippen molar-refractivity contribution in [3.8, 4) is 5.75 Å². The first-order chi connectivity index (χ1) is 12.6. The molecule has 0 aromatic heterocycles. The van der Waals surface area contributed by atoms with Gasteiger partial charge in [0.2, 0.25) is 5.91 Å². The van der Waals surface area contributed by atoms with Crippen LogP contribution in [0.1, 0.15) is 43.7 Å². The molecule has 2 aromatic carbocycles. The molecule has 2 N–H and O–H groups in total.